The first-order valence-electron chi connectivity index (χ1n) is 7.77. The zero-order chi connectivity index (χ0) is 17.1. The van der Waals surface area contributed by atoms with Crippen LogP contribution in [-0.4, -0.2) is 43.6 Å². The lowest BCUT2D eigenvalue weighted by Gasteiger charge is -2.20. The second kappa shape index (κ2) is 7.19. The molecule has 0 aliphatic carbocycles. The fraction of sp³-hybridized carbons (Fsp3) is 0.412. The van der Waals surface area contributed by atoms with Crippen molar-refractivity contribution in [2.45, 2.75) is 19.4 Å². The molecule has 3 rings (SSSR count). The van der Waals surface area contributed by atoms with Crippen LogP contribution in [-0.2, 0) is 24.2 Å². The Kier molecular flexibility index (Phi) is 5.01. The van der Waals surface area contributed by atoms with Crippen LogP contribution in [0, 0.1) is 0 Å². The lowest BCUT2D eigenvalue weighted by atomic mass is 10.1. The highest BCUT2D eigenvalue weighted by atomic mass is 32.1. The van der Waals surface area contributed by atoms with E-state index in [-0.39, 0.29) is 12.3 Å². The summed E-state index contributed by atoms with van der Waals surface area (Å²) in [5.41, 5.74) is 1.89. The highest BCUT2D eigenvalue weighted by Crippen LogP contribution is 2.28. The average molecular weight is 347 g/mol. The second-order valence-corrected chi connectivity index (χ2v) is 6.86. The van der Waals surface area contributed by atoms with Gasteiger partial charge in [0.2, 0.25) is 5.91 Å². The van der Waals surface area contributed by atoms with Gasteiger partial charge >= 0.3 is 0 Å². The first-order chi connectivity index (χ1) is 11.6. The number of hydrogen-bond acceptors (Lipinski definition) is 6. The number of aromatic nitrogens is 1. The molecule has 1 N–H and O–H groups in total. The van der Waals surface area contributed by atoms with E-state index in [0.29, 0.717) is 16.6 Å². The van der Waals surface area contributed by atoms with Gasteiger partial charge in [0.15, 0.2) is 5.13 Å². The van der Waals surface area contributed by atoms with E-state index < -0.39 is 0 Å². The second-order valence-electron chi connectivity index (χ2n) is 5.78. The molecule has 0 radical (unpaired) electrons. The first-order valence-corrected chi connectivity index (χ1v) is 8.58. The van der Waals surface area contributed by atoms with Crippen LogP contribution in [0.3, 0.4) is 0 Å². The lowest BCUT2D eigenvalue weighted by molar-refractivity contribution is -0.115. The average Bonchev–Trinajstić information content (AvgIpc) is 2.95. The Balaban J connectivity index is 1.70. The molecule has 1 amide bonds. The first kappa shape index (κ1) is 16.7. The summed E-state index contributed by atoms with van der Waals surface area (Å²) < 4.78 is 10.5. The third kappa shape index (κ3) is 3.68. The molecule has 1 aliphatic heterocycles. The Morgan fingerprint density at radius 2 is 2.21 bits per heavy atom. The summed E-state index contributed by atoms with van der Waals surface area (Å²) in [6.45, 7) is 1.90. The van der Waals surface area contributed by atoms with Crippen molar-refractivity contribution in [2.75, 3.05) is 33.1 Å². The van der Waals surface area contributed by atoms with Crippen molar-refractivity contribution in [3.63, 3.8) is 0 Å². The number of carbonyl (C=O) groups is 1. The molecule has 2 heterocycles. The van der Waals surface area contributed by atoms with Crippen molar-refractivity contribution in [1.29, 1.82) is 0 Å². The van der Waals surface area contributed by atoms with Gasteiger partial charge in [-0.2, -0.15) is 0 Å². The van der Waals surface area contributed by atoms with Crippen molar-refractivity contribution in [3.05, 3.63) is 34.3 Å². The van der Waals surface area contributed by atoms with Gasteiger partial charge in [-0.15, -0.1) is 11.3 Å². The van der Waals surface area contributed by atoms with Crippen LogP contribution in [0.5, 0.6) is 11.5 Å². The Morgan fingerprint density at radius 1 is 1.38 bits per heavy atom. The maximum Gasteiger partial charge on any atom is 0.230 e. The Hall–Kier alpha value is -2.12. The molecule has 6 nitrogen and oxygen atoms in total. The summed E-state index contributed by atoms with van der Waals surface area (Å²) in [5, 5.41) is 3.57. The molecule has 1 aromatic carbocycles. The molecule has 2 aromatic rings. The number of benzene rings is 1. The van der Waals surface area contributed by atoms with E-state index in [1.165, 1.54) is 4.88 Å². The molecule has 7 heteroatoms. The van der Waals surface area contributed by atoms with Crippen molar-refractivity contribution in [3.8, 4) is 11.5 Å². The summed E-state index contributed by atoms with van der Waals surface area (Å²) in [4.78, 5) is 20.4. The van der Waals surface area contributed by atoms with Crippen molar-refractivity contribution in [2.24, 2.45) is 0 Å². The summed E-state index contributed by atoms with van der Waals surface area (Å²) in [6, 6.07) is 5.44. The number of ether oxygens (including phenoxy) is 2. The number of carbonyl (C=O) groups excluding carboxylic acids is 1. The van der Waals surface area contributed by atoms with Gasteiger partial charge in [0.05, 0.1) is 26.3 Å². The van der Waals surface area contributed by atoms with Crippen LogP contribution in [0.1, 0.15) is 16.1 Å². The molecule has 1 aromatic heterocycles. The molecule has 0 unspecified atom stereocenters. The number of amides is 1. The minimum Gasteiger partial charge on any atom is -0.497 e. The van der Waals surface area contributed by atoms with Gasteiger partial charge in [-0.3, -0.25) is 4.79 Å². The van der Waals surface area contributed by atoms with Gasteiger partial charge < -0.3 is 19.7 Å². The normalized spacial score (nSPS) is 14.1. The predicted molar refractivity (Wildman–Crippen MR) is 94.0 cm³/mol. The number of methoxy groups -OCH3 is 2. The summed E-state index contributed by atoms with van der Waals surface area (Å²) in [5.74, 6) is 1.26. The number of nitrogens with zero attached hydrogens (tertiary/aromatic N) is 2. The smallest absolute Gasteiger partial charge is 0.230 e. The Labute approximate surface area is 145 Å². The number of rotatable bonds is 5. The molecule has 0 saturated carbocycles. The van der Waals surface area contributed by atoms with Crippen molar-refractivity contribution in [1.82, 2.24) is 9.88 Å². The lowest BCUT2D eigenvalue weighted by Crippen LogP contribution is -2.25. The van der Waals surface area contributed by atoms with E-state index in [9.17, 15) is 4.79 Å². The molecular weight excluding hydrogens is 326 g/mol. The summed E-state index contributed by atoms with van der Waals surface area (Å²) in [7, 11) is 5.29. The van der Waals surface area contributed by atoms with Crippen molar-refractivity contribution < 1.29 is 14.3 Å². The van der Waals surface area contributed by atoms with E-state index in [2.05, 4.69) is 22.2 Å². The van der Waals surface area contributed by atoms with Gasteiger partial charge in [0, 0.05) is 30.0 Å². The predicted octanol–water partition coefficient (Wildman–Crippen LogP) is 2.33. The third-order valence-electron chi connectivity index (χ3n) is 4.01. The maximum absolute atomic E-state index is 12.4. The molecular formula is C17H21N3O3S. The van der Waals surface area contributed by atoms with Crippen molar-refractivity contribution >= 4 is 22.4 Å². The molecule has 0 saturated heterocycles. The monoisotopic (exact) mass is 347 g/mol. The number of likely N-dealkylation sites (N-methyl/N-ethyl adjacent to an activating group) is 1. The zero-order valence-corrected chi connectivity index (χ0v) is 14.9. The molecule has 24 heavy (non-hydrogen) atoms. The van der Waals surface area contributed by atoms with Crippen LogP contribution in [0.15, 0.2) is 18.2 Å². The molecule has 0 atom stereocenters. The highest BCUT2D eigenvalue weighted by Gasteiger charge is 2.19. The molecule has 128 valence electrons. The van der Waals surface area contributed by atoms with Gasteiger partial charge in [-0.05, 0) is 25.2 Å². The van der Waals surface area contributed by atoms with E-state index >= 15 is 0 Å². The number of fused-ring (bicyclic) bond motifs is 1. The Morgan fingerprint density at radius 3 is 2.96 bits per heavy atom. The maximum atomic E-state index is 12.4. The zero-order valence-electron chi connectivity index (χ0n) is 14.1. The van der Waals surface area contributed by atoms with E-state index in [1.807, 2.05) is 12.1 Å². The van der Waals surface area contributed by atoms with Crippen LogP contribution in [0.25, 0.3) is 0 Å². The number of hydrogen-bond donors (Lipinski definition) is 1. The topological polar surface area (TPSA) is 63.7 Å². The largest absolute Gasteiger partial charge is 0.497 e. The number of thiazole rings is 1. The minimum atomic E-state index is -0.110. The van der Waals surface area contributed by atoms with Gasteiger partial charge in [0.1, 0.15) is 11.5 Å². The highest BCUT2D eigenvalue weighted by molar-refractivity contribution is 7.15. The molecule has 0 fully saturated rings. The summed E-state index contributed by atoms with van der Waals surface area (Å²) in [6.07, 6.45) is 1.15. The third-order valence-corrected chi connectivity index (χ3v) is 5.00. The Bertz CT molecular complexity index is 745. The van der Waals surface area contributed by atoms with Gasteiger partial charge in [-0.1, -0.05) is 0 Å². The minimum absolute atomic E-state index is 0.110. The standard InChI is InChI=1S/C17H21N3O3S/c1-20-7-6-13-15(10-20)24-17(18-13)19-16(21)9-11-8-12(22-2)4-5-14(11)23-3/h4-5,8H,6-7,9-10H2,1-3H3,(H,18,19,21). The van der Waals surface area contributed by atoms with Crippen LogP contribution < -0.4 is 14.8 Å². The molecule has 0 bridgehead atoms. The van der Waals surface area contributed by atoms with E-state index in [0.717, 1.165) is 30.8 Å². The van der Waals surface area contributed by atoms with Crippen LogP contribution >= 0.6 is 11.3 Å². The quantitative estimate of drug-likeness (QED) is 0.899. The van der Waals surface area contributed by atoms with Crippen LogP contribution in [0.2, 0.25) is 0 Å². The number of anilines is 1. The number of nitrogens with one attached hydrogen (secondary N) is 1. The fourth-order valence-corrected chi connectivity index (χ4v) is 3.84. The van der Waals surface area contributed by atoms with E-state index in [4.69, 9.17) is 9.47 Å². The fourth-order valence-electron chi connectivity index (χ4n) is 2.73. The molecule has 0 spiro atoms. The van der Waals surface area contributed by atoms with Gasteiger partial charge in [0.25, 0.3) is 0 Å². The summed E-state index contributed by atoms with van der Waals surface area (Å²) >= 11 is 1.55. The molecule has 1 aliphatic rings. The van der Waals surface area contributed by atoms with Gasteiger partial charge in [-0.25, -0.2) is 4.98 Å². The van der Waals surface area contributed by atoms with Crippen LogP contribution in [0.4, 0.5) is 5.13 Å². The SMILES string of the molecule is COc1ccc(OC)c(CC(=O)Nc2nc3c(s2)CN(C)CC3)c1. The van der Waals surface area contributed by atoms with E-state index in [1.54, 1.807) is 31.6 Å².